The number of nitrogens with zero attached hydrogens (tertiary/aromatic N) is 1. The molecule has 2 aliphatic rings. The zero-order valence-corrected chi connectivity index (χ0v) is 19.4. The Labute approximate surface area is 200 Å². The summed E-state index contributed by atoms with van der Waals surface area (Å²) in [5.74, 6) is 0.371. The zero-order valence-electron chi connectivity index (χ0n) is 19.4. The smallest absolute Gasteiger partial charge is 0.243 e. The average Bonchev–Trinajstić information content (AvgIpc) is 3.69. The molecule has 2 aromatic rings. The molecule has 2 fully saturated rings. The van der Waals surface area contributed by atoms with Crippen LogP contribution in [0.4, 0.5) is 0 Å². The molecule has 0 aromatic heterocycles. The van der Waals surface area contributed by atoms with Crippen molar-refractivity contribution in [3.05, 3.63) is 66.2 Å². The summed E-state index contributed by atoms with van der Waals surface area (Å²) in [6.45, 7) is 1.42. The molecule has 2 N–H and O–H groups in total. The van der Waals surface area contributed by atoms with Crippen LogP contribution in [0.15, 0.2) is 60.7 Å². The number of amides is 3. The van der Waals surface area contributed by atoms with E-state index in [4.69, 9.17) is 4.74 Å². The molecule has 34 heavy (non-hydrogen) atoms. The quantitative estimate of drug-likeness (QED) is 0.567. The first-order valence-electron chi connectivity index (χ1n) is 12.2. The molecule has 180 valence electrons. The van der Waals surface area contributed by atoms with Crippen LogP contribution in [-0.4, -0.2) is 54.4 Å². The molecule has 7 nitrogen and oxygen atoms in total. The van der Waals surface area contributed by atoms with Crippen molar-refractivity contribution in [1.82, 2.24) is 15.5 Å². The predicted octanol–water partition coefficient (Wildman–Crippen LogP) is 2.70. The fourth-order valence-electron chi connectivity index (χ4n) is 4.20. The highest BCUT2D eigenvalue weighted by Gasteiger charge is 2.32. The minimum atomic E-state index is -0.592. The van der Waals surface area contributed by atoms with Gasteiger partial charge in [-0.05, 0) is 43.4 Å². The van der Waals surface area contributed by atoms with Crippen molar-refractivity contribution in [2.45, 2.75) is 50.6 Å². The van der Waals surface area contributed by atoms with Crippen molar-refractivity contribution in [3.8, 4) is 5.75 Å². The highest BCUT2D eigenvalue weighted by Crippen LogP contribution is 2.21. The van der Waals surface area contributed by atoms with Crippen molar-refractivity contribution < 1.29 is 19.1 Å². The highest BCUT2D eigenvalue weighted by atomic mass is 16.5. The Kier molecular flexibility index (Phi) is 8.17. The summed E-state index contributed by atoms with van der Waals surface area (Å²) < 4.78 is 5.62. The SMILES string of the molecule is O=C(NC(Cc1ccccc1)C(=O)NC1CC1)C1CCN(C(=O)CCOc2ccccc2)CC1. The number of piperidine rings is 1. The summed E-state index contributed by atoms with van der Waals surface area (Å²) in [6.07, 6.45) is 3.97. The monoisotopic (exact) mass is 463 g/mol. The second-order valence-electron chi connectivity index (χ2n) is 9.10. The van der Waals surface area contributed by atoms with E-state index in [1.165, 1.54) is 0 Å². The molecule has 1 saturated carbocycles. The molecule has 7 heteroatoms. The lowest BCUT2D eigenvalue weighted by molar-refractivity contribution is -0.136. The van der Waals surface area contributed by atoms with Gasteiger partial charge in [0, 0.05) is 31.5 Å². The van der Waals surface area contributed by atoms with Crippen LogP contribution < -0.4 is 15.4 Å². The fourth-order valence-corrected chi connectivity index (χ4v) is 4.20. The van der Waals surface area contributed by atoms with E-state index in [1.807, 2.05) is 60.7 Å². The molecule has 4 rings (SSSR count). The first kappa shape index (κ1) is 23.8. The number of carbonyl (C=O) groups is 3. The molecule has 1 aliphatic carbocycles. The normalized spacial score (nSPS) is 17.0. The van der Waals surface area contributed by atoms with Gasteiger partial charge < -0.3 is 20.3 Å². The number of likely N-dealkylation sites (tertiary alicyclic amines) is 1. The average molecular weight is 464 g/mol. The summed E-state index contributed by atoms with van der Waals surface area (Å²) in [6, 6.07) is 18.8. The van der Waals surface area contributed by atoms with Gasteiger partial charge >= 0.3 is 0 Å². The van der Waals surface area contributed by atoms with Gasteiger partial charge in [0.15, 0.2) is 0 Å². The molecule has 1 unspecified atom stereocenters. The van der Waals surface area contributed by atoms with Gasteiger partial charge in [0.05, 0.1) is 13.0 Å². The van der Waals surface area contributed by atoms with Crippen LogP contribution in [0.5, 0.6) is 5.75 Å². The topological polar surface area (TPSA) is 87.7 Å². The van der Waals surface area contributed by atoms with Crippen molar-refractivity contribution in [1.29, 1.82) is 0 Å². The Hall–Kier alpha value is -3.35. The van der Waals surface area contributed by atoms with Crippen LogP contribution in [-0.2, 0) is 20.8 Å². The summed E-state index contributed by atoms with van der Waals surface area (Å²) in [5.41, 5.74) is 1.01. The van der Waals surface area contributed by atoms with E-state index >= 15 is 0 Å². The second-order valence-corrected chi connectivity index (χ2v) is 9.10. The number of carbonyl (C=O) groups excluding carboxylic acids is 3. The Bertz CT molecular complexity index is 954. The maximum Gasteiger partial charge on any atom is 0.243 e. The lowest BCUT2D eigenvalue weighted by atomic mass is 9.94. The van der Waals surface area contributed by atoms with E-state index in [2.05, 4.69) is 10.6 Å². The lowest BCUT2D eigenvalue weighted by Gasteiger charge is -2.32. The number of hydrogen-bond donors (Lipinski definition) is 2. The first-order valence-corrected chi connectivity index (χ1v) is 12.2. The van der Waals surface area contributed by atoms with E-state index in [0.29, 0.717) is 45.4 Å². The standard InChI is InChI=1S/C27H33N3O4/c31-25(15-18-34-23-9-5-2-6-10-23)30-16-13-21(14-17-30)26(32)29-24(27(33)28-22-11-12-22)19-20-7-3-1-4-8-20/h1-10,21-22,24H,11-19H2,(H,28,33)(H,29,32). The summed E-state index contributed by atoms with van der Waals surface area (Å²) in [5, 5.41) is 6.01. The van der Waals surface area contributed by atoms with Crippen LogP contribution in [0.25, 0.3) is 0 Å². The summed E-state index contributed by atoms with van der Waals surface area (Å²) >= 11 is 0. The second kappa shape index (κ2) is 11.7. The van der Waals surface area contributed by atoms with Crippen LogP contribution >= 0.6 is 0 Å². The maximum absolute atomic E-state index is 13.0. The van der Waals surface area contributed by atoms with Gasteiger partial charge in [0.2, 0.25) is 17.7 Å². The molecule has 1 aliphatic heterocycles. The minimum Gasteiger partial charge on any atom is -0.493 e. The van der Waals surface area contributed by atoms with Gasteiger partial charge in [-0.1, -0.05) is 48.5 Å². The van der Waals surface area contributed by atoms with Gasteiger partial charge in [-0.2, -0.15) is 0 Å². The number of rotatable bonds is 10. The third kappa shape index (κ3) is 7.07. The minimum absolute atomic E-state index is 0.0422. The third-order valence-corrected chi connectivity index (χ3v) is 6.39. The number of hydrogen-bond acceptors (Lipinski definition) is 4. The Morgan fingerprint density at radius 1 is 0.912 bits per heavy atom. The molecule has 1 saturated heterocycles. The van der Waals surface area contributed by atoms with Crippen molar-refractivity contribution >= 4 is 17.7 Å². The number of ether oxygens (including phenoxy) is 1. The Morgan fingerprint density at radius 2 is 1.56 bits per heavy atom. The molecule has 0 bridgehead atoms. The van der Waals surface area contributed by atoms with Crippen LogP contribution in [0.3, 0.4) is 0 Å². The summed E-state index contributed by atoms with van der Waals surface area (Å²) in [7, 11) is 0. The Balaban J connectivity index is 1.23. The van der Waals surface area contributed by atoms with Gasteiger partial charge in [0.1, 0.15) is 11.8 Å². The fraction of sp³-hybridized carbons (Fsp3) is 0.444. The molecule has 0 spiro atoms. The van der Waals surface area contributed by atoms with Gasteiger partial charge in [-0.3, -0.25) is 14.4 Å². The first-order chi connectivity index (χ1) is 16.6. The van der Waals surface area contributed by atoms with E-state index in [1.54, 1.807) is 4.90 Å². The van der Waals surface area contributed by atoms with Gasteiger partial charge in [-0.25, -0.2) is 0 Å². The molecule has 2 aromatic carbocycles. The van der Waals surface area contributed by atoms with Gasteiger partial charge in [0.25, 0.3) is 0 Å². The van der Waals surface area contributed by atoms with Crippen LogP contribution in [0.1, 0.15) is 37.7 Å². The number of benzene rings is 2. The van der Waals surface area contributed by atoms with E-state index in [0.717, 1.165) is 24.2 Å². The zero-order chi connectivity index (χ0) is 23.8. The maximum atomic E-state index is 13.0. The van der Waals surface area contributed by atoms with E-state index < -0.39 is 6.04 Å². The summed E-state index contributed by atoms with van der Waals surface area (Å²) in [4.78, 5) is 40.1. The molecule has 0 radical (unpaired) electrons. The van der Waals surface area contributed by atoms with E-state index in [9.17, 15) is 14.4 Å². The van der Waals surface area contributed by atoms with Crippen molar-refractivity contribution in [2.24, 2.45) is 5.92 Å². The van der Waals surface area contributed by atoms with Crippen molar-refractivity contribution in [3.63, 3.8) is 0 Å². The predicted molar refractivity (Wildman–Crippen MR) is 129 cm³/mol. The molecular weight excluding hydrogens is 430 g/mol. The molecule has 3 amide bonds. The molecular formula is C27H33N3O4. The van der Waals surface area contributed by atoms with E-state index in [-0.39, 0.29) is 29.7 Å². The third-order valence-electron chi connectivity index (χ3n) is 6.39. The lowest BCUT2D eigenvalue weighted by Crippen LogP contribution is -2.51. The molecule has 1 heterocycles. The number of para-hydroxylation sites is 1. The highest BCUT2D eigenvalue weighted by molar-refractivity contribution is 5.89. The Morgan fingerprint density at radius 3 is 2.21 bits per heavy atom. The van der Waals surface area contributed by atoms with Crippen LogP contribution in [0, 0.1) is 5.92 Å². The molecule has 1 atom stereocenters. The van der Waals surface area contributed by atoms with Crippen molar-refractivity contribution in [2.75, 3.05) is 19.7 Å². The van der Waals surface area contributed by atoms with Crippen LogP contribution in [0.2, 0.25) is 0 Å². The van der Waals surface area contributed by atoms with Gasteiger partial charge in [-0.15, -0.1) is 0 Å². The largest absolute Gasteiger partial charge is 0.493 e. The number of nitrogens with one attached hydrogen (secondary N) is 2.